The number of rotatable bonds is 5. The molecule has 2 rings (SSSR count). The Balaban J connectivity index is 1.89. The number of nitrogen functional groups attached to an aromatic ring is 1. The molecule has 0 bridgehead atoms. The Labute approximate surface area is 124 Å². The fourth-order valence-corrected chi connectivity index (χ4v) is 4.70. The molecule has 1 aromatic carbocycles. The maximum Gasteiger partial charge on any atom is 0.217 e. The van der Waals surface area contributed by atoms with Gasteiger partial charge in [0.25, 0.3) is 0 Å². The smallest absolute Gasteiger partial charge is 0.217 e. The van der Waals surface area contributed by atoms with E-state index in [0.717, 1.165) is 0 Å². The van der Waals surface area contributed by atoms with Crippen molar-refractivity contribution in [3.05, 3.63) is 24.3 Å². The van der Waals surface area contributed by atoms with Crippen LogP contribution >= 0.6 is 0 Å². The quantitative estimate of drug-likeness (QED) is 0.742. The molecular formula is C12H18N2O5S2. The standard InChI is InChI=1S/C12H18N2O5S2/c13-11-3-1-2-4-12(11)19-7-10-21(17,18)14-5-8-20(15,16)9-6-14/h1-4H,5-10,13H2. The molecule has 0 unspecified atom stereocenters. The van der Waals surface area contributed by atoms with Gasteiger partial charge in [0.2, 0.25) is 10.0 Å². The Kier molecular flexibility index (Phi) is 4.74. The second-order valence-electron chi connectivity index (χ2n) is 4.75. The second kappa shape index (κ2) is 6.20. The molecule has 1 fully saturated rings. The van der Waals surface area contributed by atoms with Crippen LogP contribution in [0.1, 0.15) is 0 Å². The van der Waals surface area contributed by atoms with Gasteiger partial charge in [-0.2, -0.15) is 4.31 Å². The average Bonchev–Trinajstić information content (AvgIpc) is 2.40. The molecule has 7 nitrogen and oxygen atoms in total. The topological polar surface area (TPSA) is 107 Å². The molecule has 1 aromatic rings. The summed E-state index contributed by atoms with van der Waals surface area (Å²) in [6, 6.07) is 6.83. The number of hydrogen-bond acceptors (Lipinski definition) is 6. The van der Waals surface area contributed by atoms with E-state index in [1.165, 1.54) is 4.31 Å². The van der Waals surface area contributed by atoms with E-state index in [9.17, 15) is 16.8 Å². The van der Waals surface area contributed by atoms with E-state index < -0.39 is 19.9 Å². The van der Waals surface area contributed by atoms with Crippen LogP contribution in [0.15, 0.2) is 24.3 Å². The van der Waals surface area contributed by atoms with Crippen molar-refractivity contribution in [3.63, 3.8) is 0 Å². The highest BCUT2D eigenvalue weighted by Gasteiger charge is 2.29. The Morgan fingerprint density at radius 3 is 2.43 bits per heavy atom. The maximum absolute atomic E-state index is 12.1. The molecule has 0 aromatic heterocycles. The molecule has 21 heavy (non-hydrogen) atoms. The van der Waals surface area contributed by atoms with Crippen LogP contribution in [0.3, 0.4) is 0 Å². The molecule has 118 valence electrons. The van der Waals surface area contributed by atoms with E-state index in [4.69, 9.17) is 10.5 Å². The zero-order valence-corrected chi connectivity index (χ0v) is 13.1. The van der Waals surface area contributed by atoms with Gasteiger partial charge in [-0.15, -0.1) is 0 Å². The molecule has 0 aliphatic carbocycles. The Bertz CT molecular complexity index is 686. The van der Waals surface area contributed by atoms with Gasteiger partial charge in [0.15, 0.2) is 9.84 Å². The molecule has 0 spiro atoms. The highest BCUT2D eigenvalue weighted by atomic mass is 32.2. The van der Waals surface area contributed by atoms with Gasteiger partial charge in [-0.05, 0) is 12.1 Å². The summed E-state index contributed by atoms with van der Waals surface area (Å²) >= 11 is 0. The monoisotopic (exact) mass is 334 g/mol. The maximum atomic E-state index is 12.1. The average molecular weight is 334 g/mol. The SMILES string of the molecule is Nc1ccccc1OCCS(=O)(=O)N1CCS(=O)(=O)CC1. The van der Waals surface area contributed by atoms with Crippen LogP contribution in [-0.2, 0) is 19.9 Å². The van der Waals surface area contributed by atoms with E-state index in [1.54, 1.807) is 24.3 Å². The van der Waals surface area contributed by atoms with Crippen LogP contribution in [0.25, 0.3) is 0 Å². The van der Waals surface area contributed by atoms with E-state index >= 15 is 0 Å². The van der Waals surface area contributed by atoms with Gasteiger partial charge in [-0.25, -0.2) is 16.8 Å². The molecule has 0 atom stereocenters. The van der Waals surface area contributed by atoms with Crippen molar-refractivity contribution in [3.8, 4) is 5.75 Å². The van der Waals surface area contributed by atoms with E-state index in [1.807, 2.05) is 0 Å². The second-order valence-corrected chi connectivity index (χ2v) is 9.15. The summed E-state index contributed by atoms with van der Waals surface area (Å²) in [4.78, 5) is 0. The molecule has 9 heteroatoms. The van der Waals surface area contributed by atoms with Crippen LogP contribution in [0, 0.1) is 0 Å². The van der Waals surface area contributed by atoms with E-state index in [0.29, 0.717) is 11.4 Å². The highest BCUT2D eigenvalue weighted by molar-refractivity contribution is 7.92. The van der Waals surface area contributed by atoms with Crippen molar-refractivity contribution >= 4 is 25.5 Å². The Hall–Kier alpha value is -1.32. The minimum absolute atomic E-state index is 0.0120. The number of nitrogens with zero attached hydrogens (tertiary/aromatic N) is 1. The molecule has 1 aliphatic heterocycles. The van der Waals surface area contributed by atoms with Gasteiger partial charge in [0.05, 0.1) is 22.9 Å². The lowest BCUT2D eigenvalue weighted by Crippen LogP contribution is -2.45. The summed E-state index contributed by atoms with van der Waals surface area (Å²) in [6.45, 7) is -0.00389. The zero-order chi connectivity index (χ0) is 15.5. The minimum Gasteiger partial charge on any atom is -0.490 e. The van der Waals surface area contributed by atoms with Crippen molar-refractivity contribution in [2.45, 2.75) is 0 Å². The lowest BCUT2D eigenvalue weighted by atomic mass is 10.3. The minimum atomic E-state index is -3.51. The number of sulfone groups is 1. The van der Waals surface area contributed by atoms with Crippen molar-refractivity contribution in [1.29, 1.82) is 0 Å². The number of benzene rings is 1. The fraction of sp³-hybridized carbons (Fsp3) is 0.500. The number of hydrogen-bond donors (Lipinski definition) is 1. The van der Waals surface area contributed by atoms with Crippen molar-refractivity contribution < 1.29 is 21.6 Å². The summed E-state index contributed by atoms with van der Waals surface area (Å²) in [7, 11) is -6.61. The lowest BCUT2D eigenvalue weighted by Gasteiger charge is -2.25. The van der Waals surface area contributed by atoms with Crippen molar-refractivity contribution in [2.75, 3.05) is 42.7 Å². The molecule has 2 N–H and O–H groups in total. The Morgan fingerprint density at radius 2 is 1.81 bits per heavy atom. The lowest BCUT2D eigenvalue weighted by molar-refractivity contribution is 0.337. The highest BCUT2D eigenvalue weighted by Crippen LogP contribution is 2.19. The predicted molar refractivity (Wildman–Crippen MR) is 80.4 cm³/mol. The summed E-state index contributed by atoms with van der Waals surface area (Å²) in [5.74, 6) is -0.0207. The number of anilines is 1. The molecule has 1 saturated heterocycles. The van der Waals surface area contributed by atoms with Crippen LogP contribution in [0.5, 0.6) is 5.75 Å². The molecule has 1 heterocycles. The number of ether oxygens (including phenoxy) is 1. The van der Waals surface area contributed by atoms with Gasteiger partial charge in [0, 0.05) is 13.1 Å². The van der Waals surface area contributed by atoms with E-state index in [2.05, 4.69) is 0 Å². The van der Waals surface area contributed by atoms with Crippen LogP contribution in [-0.4, -0.2) is 58.1 Å². The molecular weight excluding hydrogens is 316 g/mol. The third kappa shape index (κ3) is 4.32. The van der Waals surface area contributed by atoms with Crippen molar-refractivity contribution in [1.82, 2.24) is 4.31 Å². The first-order valence-corrected chi connectivity index (χ1v) is 9.89. The molecule has 0 radical (unpaired) electrons. The van der Waals surface area contributed by atoms with Gasteiger partial charge < -0.3 is 10.5 Å². The number of sulfonamides is 1. The molecule has 0 saturated carbocycles. The molecule has 1 aliphatic rings. The third-order valence-electron chi connectivity index (χ3n) is 3.21. The van der Waals surface area contributed by atoms with E-state index in [-0.39, 0.29) is 37.0 Å². The van der Waals surface area contributed by atoms with Crippen LogP contribution in [0.2, 0.25) is 0 Å². The summed E-state index contributed by atoms with van der Waals surface area (Å²) in [5.41, 5.74) is 6.13. The van der Waals surface area contributed by atoms with Gasteiger partial charge >= 0.3 is 0 Å². The first-order valence-electron chi connectivity index (χ1n) is 6.46. The zero-order valence-electron chi connectivity index (χ0n) is 11.4. The summed E-state index contributed by atoms with van der Waals surface area (Å²) in [5, 5.41) is 0. The largest absolute Gasteiger partial charge is 0.490 e. The summed E-state index contributed by atoms with van der Waals surface area (Å²) in [6.07, 6.45) is 0. The van der Waals surface area contributed by atoms with Gasteiger partial charge in [-0.1, -0.05) is 12.1 Å². The predicted octanol–water partition coefficient (Wildman–Crippen LogP) is -0.292. The van der Waals surface area contributed by atoms with Gasteiger partial charge in [-0.3, -0.25) is 0 Å². The van der Waals surface area contributed by atoms with Crippen molar-refractivity contribution in [2.24, 2.45) is 0 Å². The first kappa shape index (κ1) is 16.1. The molecule has 0 amide bonds. The fourth-order valence-electron chi connectivity index (χ4n) is 1.97. The van der Waals surface area contributed by atoms with Crippen LogP contribution < -0.4 is 10.5 Å². The Morgan fingerprint density at radius 1 is 1.19 bits per heavy atom. The van der Waals surface area contributed by atoms with Crippen LogP contribution in [0.4, 0.5) is 5.69 Å². The number of para-hydroxylation sites is 2. The van der Waals surface area contributed by atoms with Gasteiger partial charge in [0.1, 0.15) is 12.4 Å². The first-order chi connectivity index (χ1) is 9.80. The number of nitrogens with two attached hydrogens (primary N) is 1. The normalized spacial score (nSPS) is 19.2. The summed E-state index contributed by atoms with van der Waals surface area (Å²) < 4.78 is 53.3. The third-order valence-corrected chi connectivity index (χ3v) is 6.66.